The Labute approximate surface area is 71.8 Å². The highest BCUT2D eigenvalue weighted by atomic mass is 16.5. The molecule has 66 valence electrons. The normalized spacial score (nSPS) is 29.8. The maximum Gasteiger partial charge on any atom is 0.194 e. The van der Waals surface area contributed by atoms with E-state index in [1.807, 2.05) is 0 Å². The lowest BCUT2D eigenvalue weighted by Gasteiger charge is -2.19. The summed E-state index contributed by atoms with van der Waals surface area (Å²) in [5.74, 6) is 1.03. The molecule has 1 atom stereocenters. The van der Waals surface area contributed by atoms with Gasteiger partial charge in [-0.3, -0.25) is 9.79 Å². The van der Waals surface area contributed by atoms with Crippen LogP contribution >= 0.6 is 0 Å². The molecule has 3 nitrogen and oxygen atoms in total. The van der Waals surface area contributed by atoms with Gasteiger partial charge in [0.1, 0.15) is 12.4 Å². The van der Waals surface area contributed by atoms with E-state index in [4.69, 9.17) is 4.74 Å². The Morgan fingerprint density at radius 2 is 2.33 bits per heavy atom. The summed E-state index contributed by atoms with van der Waals surface area (Å²) in [5, 5.41) is 0. The zero-order chi connectivity index (χ0) is 8.39. The Bertz CT molecular complexity index is 223. The molecule has 3 heteroatoms. The fraction of sp³-hybridized carbons (Fsp3) is 0.778. The Morgan fingerprint density at radius 1 is 1.42 bits per heavy atom. The number of hydrogen-bond acceptors (Lipinski definition) is 3. The topological polar surface area (TPSA) is 38.7 Å². The van der Waals surface area contributed by atoms with Crippen molar-refractivity contribution >= 4 is 11.7 Å². The molecule has 0 aromatic carbocycles. The molecule has 1 heterocycles. The highest BCUT2D eigenvalue weighted by Crippen LogP contribution is 2.23. The van der Waals surface area contributed by atoms with Gasteiger partial charge in [-0.2, -0.15) is 0 Å². The number of nitrogens with zero attached hydrogens (tertiary/aromatic N) is 1. The second-order valence-electron chi connectivity index (χ2n) is 3.33. The first kappa shape index (κ1) is 7.77. The largest absolute Gasteiger partial charge is 0.478 e. The fourth-order valence-corrected chi connectivity index (χ4v) is 1.81. The van der Waals surface area contributed by atoms with Crippen LogP contribution in [0, 0.1) is 5.92 Å². The molecule has 1 fully saturated rings. The van der Waals surface area contributed by atoms with Crippen LogP contribution in [0.25, 0.3) is 0 Å². The lowest BCUT2D eigenvalue weighted by Crippen LogP contribution is -2.27. The van der Waals surface area contributed by atoms with Gasteiger partial charge in [-0.1, -0.05) is 6.42 Å². The lowest BCUT2D eigenvalue weighted by molar-refractivity contribution is -0.122. The summed E-state index contributed by atoms with van der Waals surface area (Å²) in [6.07, 6.45) is 3.84. The number of Topliss-reactive ketones (excluding diaryl/α,β-unsaturated/α-hetero) is 1. The van der Waals surface area contributed by atoms with E-state index < -0.39 is 0 Å². The zero-order valence-electron chi connectivity index (χ0n) is 7.08. The van der Waals surface area contributed by atoms with Crippen molar-refractivity contribution in [3.63, 3.8) is 0 Å². The SMILES string of the molecule is O=C1CCCCC1C1=NCCO1. The second kappa shape index (κ2) is 3.25. The lowest BCUT2D eigenvalue weighted by atomic mass is 9.88. The van der Waals surface area contributed by atoms with Gasteiger partial charge in [-0.15, -0.1) is 0 Å². The van der Waals surface area contributed by atoms with Crippen LogP contribution in [0.15, 0.2) is 4.99 Å². The zero-order valence-corrected chi connectivity index (χ0v) is 7.08. The summed E-state index contributed by atoms with van der Waals surface area (Å²) in [6.45, 7) is 1.40. The van der Waals surface area contributed by atoms with Crippen LogP contribution in [0.5, 0.6) is 0 Å². The smallest absolute Gasteiger partial charge is 0.194 e. The molecule has 1 saturated carbocycles. The number of ether oxygens (including phenoxy) is 1. The van der Waals surface area contributed by atoms with E-state index in [0.29, 0.717) is 24.7 Å². The van der Waals surface area contributed by atoms with E-state index in [0.717, 1.165) is 25.8 Å². The van der Waals surface area contributed by atoms with Gasteiger partial charge < -0.3 is 4.74 Å². The van der Waals surface area contributed by atoms with Crippen LogP contribution in [0.3, 0.4) is 0 Å². The van der Waals surface area contributed by atoms with Crippen LogP contribution in [0.4, 0.5) is 0 Å². The van der Waals surface area contributed by atoms with Crippen LogP contribution < -0.4 is 0 Å². The molecular weight excluding hydrogens is 154 g/mol. The summed E-state index contributed by atoms with van der Waals surface area (Å²) >= 11 is 0. The Balaban J connectivity index is 2.05. The minimum Gasteiger partial charge on any atom is -0.478 e. The highest BCUT2D eigenvalue weighted by molar-refractivity contribution is 6.02. The monoisotopic (exact) mass is 167 g/mol. The number of rotatable bonds is 1. The third-order valence-corrected chi connectivity index (χ3v) is 2.46. The summed E-state index contributed by atoms with van der Waals surface area (Å²) in [5.41, 5.74) is 0. The number of hydrogen-bond donors (Lipinski definition) is 0. The van der Waals surface area contributed by atoms with Crippen LogP contribution in [-0.2, 0) is 9.53 Å². The molecule has 0 N–H and O–H groups in total. The van der Waals surface area contributed by atoms with Gasteiger partial charge in [0.05, 0.1) is 12.5 Å². The Morgan fingerprint density at radius 3 is 3.00 bits per heavy atom. The van der Waals surface area contributed by atoms with Gasteiger partial charge in [0.2, 0.25) is 0 Å². The number of carbonyl (C=O) groups is 1. The molecule has 2 aliphatic rings. The molecule has 1 unspecified atom stereocenters. The van der Waals surface area contributed by atoms with Gasteiger partial charge in [-0.25, -0.2) is 0 Å². The molecule has 1 aliphatic heterocycles. The molecule has 0 radical (unpaired) electrons. The van der Waals surface area contributed by atoms with Crippen molar-refractivity contribution in [2.24, 2.45) is 10.9 Å². The first-order valence-electron chi connectivity index (χ1n) is 4.58. The van der Waals surface area contributed by atoms with Crippen molar-refractivity contribution in [3.05, 3.63) is 0 Å². The molecule has 0 aromatic rings. The van der Waals surface area contributed by atoms with E-state index in [1.54, 1.807) is 0 Å². The average molecular weight is 167 g/mol. The third-order valence-electron chi connectivity index (χ3n) is 2.46. The first-order valence-corrected chi connectivity index (χ1v) is 4.58. The predicted octanol–water partition coefficient (Wildman–Crippen LogP) is 1.17. The maximum atomic E-state index is 11.4. The van der Waals surface area contributed by atoms with E-state index >= 15 is 0 Å². The Hall–Kier alpha value is -0.860. The van der Waals surface area contributed by atoms with E-state index in [9.17, 15) is 4.79 Å². The third kappa shape index (κ3) is 1.36. The fourth-order valence-electron chi connectivity index (χ4n) is 1.81. The number of carbonyl (C=O) groups excluding carboxylic acids is 1. The van der Waals surface area contributed by atoms with Crippen molar-refractivity contribution in [3.8, 4) is 0 Å². The standard InChI is InChI=1S/C9H13NO2/c11-8-4-2-1-3-7(8)9-10-5-6-12-9/h7H,1-6H2. The molecule has 1 aliphatic carbocycles. The first-order chi connectivity index (χ1) is 5.88. The minimum atomic E-state index is 0.00116. The summed E-state index contributed by atoms with van der Waals surface area (Å²) in [6, 6.07) is 0. The summed E-state index contributed by atoms with van der Waals surface area (Å²) in [7, 11) is 0. The number of ketones is 1. The van der Waals surface area contributed by atoms with Gasteiger partial charge in [0.15, 0.2) is 5.90 Å². The Kier molecular flexibility index (Phi) is 2.11. The molecule has 12 heavy (non-hydrogen) atoms. The van der Waals surface area contributed by atoms with Gasteiger partial charge >= 0.3 is 0 Å². The quantitative estimate of drug-likeness (QED) is 0.588. The number of aliphatic imine (C=N–C) groups is 1. The van der Waals surface area contributed by atoms with Crippen molar-refractivity contribution in [2.45, 2.75) is 25.7 Å². The van der Waals surface area contributed by atoms with Gasteiger partial charge in [0.25, 0.3) is 0 Å². The van der Waals surface area contributed by atoms with Crippen molar-refractivity contribution in [2.75, 3.05) is 13.2 Å². The van der Waals surface area contributed by atoms with E-state index in [1.165, 1.54) is 0 Å². The summed E-state index contributed by atoms with van der Waals surface area (Å²) in [4.78, 5) is 15.6. The van der Waals surface area contributed by atoms with Crippen LogP contribution in [0.1, 0.15) is 25.7 Å². The van der Waals surface area contributed by atoms with E-state index in [-0.39, 0.29) is 5.92 Å². The van der Waals surface area contributed by atoms with Crippen LogP contribution in [-0.4, -0.2) is 24.8 Å². The average Bonchev–Trinajstić information content (AvgIpc) is 2.57. The highest BCUT2D eigenvalue weighted by Gasteiger charge is 2.29. The summed E-state index contributed by atoms with van der Waals surface area (Å²) < 4.78 is 5.29. The van der Waals surface area contributed by atoms with Crippen molar-refractivity contribution < 1.29 is 9.53 Å². The van der Waals surface area contributed by atoms with Crippen molar-refractivity contribution in [1.82, 2.24) is 0 Å². The van der Waals surface area contributed by atoms with Gasteiger partial charge in [-0.05, 0) is 12.8 Å². The minimum absolute atomic E-state index is 0.00116. The molecule has 0 aromatic heterocycles. The molecule has 0 amide bonds. The molecule has 0 saturated heterocycles. The molecule has 2 rings (SSSR count). The molecular formula is C9H13NO2. The predicted molar refractivity (Wildman–Crippen MR) is 45.2 cm³/mol. The van der Waals surface area contributed by atoms with Crippen molar-refractivity contribution in [1.29, 1.82) is 0 Å². The molecule has 0 spiro atoms. The van der Waals surface area contributed by atoms with Gasteiger partial charge in [0, 0.05) is 6.42 Å². The van der Waals surface area contributed by atoms with Crippen LogP contribution in [0.2, 0.25) is 0 Å². The van der Waals surface area contributed by atoms with E-state index in [2.05, 4.69) is 4.99 Å². The molecule has 0 bridgehead atoms. The maximum absolute atomic E-state index is 11.4. The second-order valence-corrected chi connectivity index (χ2v) is 3.33.